The van der Waals surface area contributed by atoms with Crippen molar-refractivity contribution >= 4 is 18.2 Å². The molecule has 2 rings (SSSR count). The third-order valence-electron chi connectivity index (χ3n) is 4.36. The van der Waals surface area contributed by atoms with E-state index in [9.17, 15) is 14.4 Å². The highest BCUT2D eigenvalue weighted by atomic mass is 16.5. The maximum Gasteiger partial charge on any atom is 0.305 e. The van der Waals surface area contributed by atoms with Gasteiger partial charge in [0.2, 0.25) is 5.91 Å². The second kappa shape index (κ2) is 7.41. The first-order valence-corrected chi connectivity index (χ1v) is 7.61. The highest BCUT2D eigenvalue weighted by Gasteiger charge is 2.30. The van der Waals surface area contributed by atoms with Gasteiger partial charge in [0, 0.05) is 12.8 Å². The third-order valence-corrected chi connectivity index (χ3v) is 4.36. The molecular weight excluding hydrogens is 258 g/mol. The summed E-state index contributed by atoms with van der Waals surface area (Å²) in [7, 11) is 0. The molecule has 0 bridgehead atoms. The summed E-state index contributed by atoms with van der Waals surface area (Å²) in [6, 6.07) is -0.334. The van der Waals surface area contributed by atoms with Crippen LogP contribution in [0.5, 0.6) is 0 Å². The van der Waals surface area contributed by atoms with Crippen LogP contribution >= 0.6 is 0 Å². The van der Waals surface area contributed by atoms with Crippen molar-refractivity contribution in [3.63, 3.8) is 0 Å². The number of amides is 1. The van der Waals surface area contributed by atoms with Crippen LogP contribution in [0, 0.1) is 5.92 Å². The molecule has 0 aromatic heterocycles. The van der Waals surface area contributed by atoms with Crippen LogP contribution in [-0.2, 0) is 19.1 Å². The SMILES string of the molecule is O=CC1CCC(=O)N1CCOC(=O)CCC1CCCC1. The van der Waals surface area contributed by atoms with E-state index < -0.39 is 0 Å². The molecule has 1 aliphatic heterocycles. The fourth-order valence-corrected chi connectivity index (χ4v) is 3.14. The first kappa shape index (κ1) is 15.0. The van der Waals surface area contributed by atoms with Crippen molar-refractivity contribution in [2.75, 3.05) is 13.2 Å². The van der Waals surface area contributed by atoms with Gasteiger partial charge in [-0.05, 0) is 18.8 Å². The molecule has 2 fully saturated rings. The predicted molar refractivity (Wildman–Crippen MR) is 73.0 cm³/mol. The fourth-order valence-electron chi connectivity index (χ4n) is 3.14. The van der Waals surface area contributed by atoms with E-state index in [4.69, 9.17) is 4.74 Å². The highest BCUT2D eigenvalue weighted by Crippen LogP contribution is 2.28. The summed E-state index contributed by atoms with van der Waals surface area (Å²) >= 11 is 0. The summed E-state index contributed by atoms with van der Waals surface area (Å²) in [6.45, 7) is 0.525. The number of carbonyl (C=O) groups excluding carboxylic acids is 3. The van der Waals surface area contributed by atoms with Crippen LogP contribution in [0.4, 0.5) is 0 Å². The summed E-state index contributed by atoms with van der Waals surface area (Å²) in [5.74, 6) is 0.470. The van der Waals surface area contributed by atoms with Gasteiger partial charge in [-0.2, -0.15) is 0 Å². The maximum atomic E-state index is 11.6. The van der Waals surface area contributed by atoms with Gasteiger partial charge in [0.05, 0.1) is 12.6 Å². The van der Waals surface area contributed by atoms with E-state index in [2.05, 4.69) is 0 Å². The topological polar surface area (TPSA) is 63.7 Å². The lowest BCUT2D eigenvalue weighted by Gasteiger charge is -2.20. The van der Waals surface area contributed by atoms with Gasteiger partial charge in [0.15, 0.2) is 0 Å². The molecule has 5 nitrogen and oxygen atoms in total. The summed E-state index contributed by atoms with van der Waals surface area (Å²) in [6.07, 6.45) is 8.21. The molecule has 5 heteroatoms. The lowest BCUT2D eigenvalue weighted by atomic mass is 10.0. The molecule has 1 unspecified atom stereocenters. The quantitative estimate of drug-likeness (QED) is 0.526. The standard InChI is InChI=1S/C15H23NO4/c17-11-13-6-7-14(18)16(13)9-10-20-15(19)8-5-12-3-1-2-4-12/h11-13H,1-10H2. The molecule has 1 aliphatic carbocycles. The van der Waals surface area contributed by atoms with Crippen LogP contribution in [-0.4, -0.2) is 42.3 Å². The van der Waals surface area contributed by atoms with Crippen molar-refractivity contribution in [1.82, 2.24) is 4.90 Å². The zero-order valence-corrected chi connectivity index (χ0v) is 11.9. The Hall–Kier alpha value is -1.39. The Bertz CT molecular complexity index is 363. The number of ether oxygens (including phenoxy) is 1. The molecule has 0 radical (unpaired) electrons. The van der Waals surface area contributed by atoms with Crippen LogP contribution in [0.3, 0.4) is 0 Å². The van der Waals surface area contributed by atoms with Crippen molar-refractivity contribution in [3.05, 3.63) is 0 Å². The summed E-state index contributed by atoms with van der Waals surface area (Å²) in [4.78, 5) is 35.5. The van der Waals surface area contributed by atoms with Gasteiger partial charge >= 0.3 is 5.97 Å². The van der Waals surface area contributed by atoms with E-state index in [-0.39, 0.29) is 24.5 Å². The van der Waals surface area contributed by atoms with Crippen molar-refractivity contribution < 1.29 is 19.1 Å². The number of likely N-dealkylation sites (tertiary alicyclic amines) is 1. The van der Waals surface area contributed by atoms with Crippen molar-refractivity contribution in [2.24, 2.45) is 5.92 Å². The number of carbonyl (C=O) groups is 3. The van der Waals surface area contributed by atoms with Crippen LogP contribution in [0.2, 0.25) is 0 Å². The lowest BCUT2D eigenvalue weighted by molar-refractivity contribution is -0.146. The monoisotopic (exact) mass is 281 g/mol. The molecule has 0 aromatic rings. The predicted octanol–water partition coefficient (Wildman–Crippen LogP) is 1.69. The van der Waals surface area contributed by atoms with Crippen molar-refractivity contribution in [3.8, 4) is 0 Å². The molecule has 1 atom stereocenters. The molecule has 112 valence electrons. The first-order chi connectivity index (χ1) is 9.70. The molecule has 0 N–H and O–H groups in total. The third kappa shape index (κ3) is 4.05. The van der Waals surface area contributed by atoms with E-state index in [0.717, 1.165) is 12.7 Å². The van der Waals surface area contributed by atoms with Gasteiger partial charge in [-0.3, -0.25) is 9.59 Å². The number of esters is 1. The van der Waals surface area contributed by atoms with Gasteiger partial charge in [0.1, 0.15) is 12.9 Å². The minimum absolute atomic E-state index is 0.0240. The molecule has 2 aliphatic rings. The summed E-state index contributed by atoms with van der Waals surface area (Å²) in [5, 5.41) is 0. The minimum atomic E-state index is -0.334. The average molecular weight is 281 g/mol. The van der Waals surface area contributed by atoms with Gasteiger partial charge in [-0.25, -0.2) is 0 Å². The molecule has 1 heterocycles. The zero-order valence-electron chi connectivity index (χ0n) is 11.9. The Kier molecular flexibility index (Phi) is 5.56. The Balaban J connectivity index is 1.60. The first-order valence-electron chi connectivity index (χ1n) is 7.61. The zero-order chi connectivity index (χ0) is 14.4. The van der Waals surface area contributed by atoms with E-state index in [0.29, 0.717) is 31.7 Å². The van der Waals surface area contributed by atoms with E-state index in [1.54, 1.807) is 0 Å². The second-order valence-electron chi connectivity index (χ2n) is 5.74. The Labute approximate surface area is 119 Å². The number of hydrogen-bond donors (Lipinski definition) is 0. The molecule has 1 saturated heterocycles. The normalized spacial score (nSPS) is 23.3. The number of nitrogens with zero attached hydrogens (tertiary/aromatic N) is 1. The van der Waals surface area contributed by atoms with Gasteiger partial charge < -0.3 is 14.4 Å². The largest absolute Gasteiger partial charge is 0.464 e. The maximum absolute atomic E-state index is 11.6. The van der Waals surface area contributed by atoms with Crippen molar-refractivity contribution in [2.45, 2.75) is 57.4 Å². The average Bonchev–Trinajstić information content (AvgIpc) is 3.07. The van der Waals surface area contributed by atoms with E-state index in [1.807, 2.05) is 0 Å². The minimum Gasteiger partial charge on any atom is -0.464 e. The smallest absolute Gasteiger partial charge is 0.305 e. The van der Waals surface area contributed by atoms with E-state index in [1.165, 1.54) is 30.6 Å². The van der Waals surface area contributed by atoms with Crippen molar-refractivity contribution in [1.29, 1.82) is 0 Å². The van der Waals surface area contributed by atoms with Crippen LogP contribution in [0.25, 0.3) is 0 Å². The van der Waals surface area contributed by atoms with Gasteiger partial charge in [0.25, 0.3) is 0 Å². The number of aldehydes is 1. The number of rotatable bonds is 7. The van der Waals surface area contributed by atoms with Crippen LogP contribution < -0.4 is 0 Å². The van der Waals surface area contributed by atoms with Crippen LogP contribution in [0.1, 0.15) is 51.4 Å². The molecule has 1 saturated carbocycles. The second-order valence-corrected chi connectivity index (χ2v) is 5.74. The Morgan fingerprint density at radius 1 is 1.30 bits per heavy atom. The van der Waals surface area contributed by atoms with Crippen LogP contribution in [0.15, 0.2) is 0 Å². The molecule has 20 heavy (non-hydrogen) atoms. The lowest BCUT2D eigenvalue weighted by Crippen LogP contribution is -2.37. The molecular formula is C15H23NO4. The number of hydrogen-bond acceptors (Lipinski definition) is 4. The summed E-state index contributed by atoms with van der Waals surface area (Å²) in [5.41, 5.74) is 0. The van der Waals surface area contributed by atoms with Gasteiger partial charge in [-0.1, -0.05) is 25.7 Å². The highest BCUT2D eigenvalue weighted by molar-refractivity contribution is 5.83. The Morgan fingerprint density at radius 2 is 2.05 bits per heavy atom. The summed E-state index contributed by atoms with van der Waals surface area (Å²) < 4.78 is 5.16. The fraction of sp³-hybridized carbons (Fsp3) is 0.800. The molecule has 0 aromatic carbocycles. The Morgan fingerprint density at radius 3 is 2.75 bits per heavy atom. The molecule has 1 amide bonds. The molecule has 0 spiro atoms. The van der Waals surface area contributed by atoms with Gasteiger partial charge in [-0.15, -0.1) is 0 Å². The van der Waals surface area contributed by atoms with E-state index >= 15 is 0 Å².